The van der Waals surface area contributed by atoms with Crippen LogP contribution < -0.4 is 0 Å². The topological polar surface area (TPSA) is 115 Å². The van der Waals surface area contributed by atoms with Gasteiger partial charge in [0.25, 0.3) is 5.91 Å². The lowest BCUT2D eigenvalue weighted by molar-refractivity contribution is -0.192. The molecule has 3 fully saturated rings. The number of likely N-dealkylation sites (tertiary alicyclic amines) is 1. The van der Waals surface area contributed by atoms with Crippen LogP contribution in [0.3, 0.4) is 0 Å². The van der Waals surface area contributed by atoms with E-state index in [1.807, 2.05) is 29.2 Å². The first-order chi connectivity index (χ1) is 16.7. The lowest BCUT2D eigenvalue weighted by Crippen LogP contribution is -2.66. The Bertz CT molecular complexity index is 1020. The summed E-state index contributed by atoms with van der Waals surface area (Å²) in [6.07, 6.45) is 0.914. The van der Waals surface area contributed by atoms with E-state index in [1.165, 1.54) is 0 Å². The zero-order chi connectivity index (χ0) is 25.1. The largest absolute Gasteiger partial charge is 0.490 e. The van der Waals surface area contributed by atoms with Gasteiger partial charge in [0.15, 0.2) is 5.69 Å². The van der Waals surface area contributed by atoms with Crippen LogP contribution in [0.25, 0.3) is 0 Å². The molecule has 0 bridgehead atoms. The Hall–Kier alpha value is -2.99. The maximum atomic E-state index is 12.7. The molecule has 5 rings (SSSR count). The van der Waals surface area contributed by atoms with E-state index in [2.05, 4.69) is 10.1 Å². The number of amides is 1. The predicted octanol–water partition coefficient (Wildman–Crippen LogP) is 3.42. The molecule has 1 N–H and O–H groups in total. The zero-order valence-corrected chi connectivity index (χ0v) is 18.9. The molecular formula is C23H26F3N3O6. The Labute approximate surface area is 199 Å². The Morgan fingerprint density at radius 1 is 1.23 bits per heavy atom. The number of pyridine rings is 1. The smallest absolute Gasteiger partial charge is 0.475 e. The van der Waals surface area contributed by atoms with Gasteiger partial charge in [0.1, 0.15) is 11.4 Å². The summed E-state index contributed by atoms with van der Waals surface area (Å²) in [6, 6.07) is 7.64. The number of alkyl halides is 3. The molecule has 1 saturated carbocycles. The van der Waals surface area contributed by atoms with Crippen molar-refractivity contribution in [3.05, 3.63) is 47.6 Å². The van der Waals surface area contributed by atoms with Crippen molar-refractivity contribution in [3.8, 4) is 0 Å². The lowest BCUT2D eigenvalue weighted by atomic mass is 9.79. The number of hydrogen-bond acceptors (Lipinski definition) is 7. The van der Waals surface area contributed by atoms with Crippen LogP contribution in [-0.2, 0) is 20.9 Å². The van der Waals surface area contributed by atoms with E-state index in [-0.39, 0.29) is 11.5 Å². The van der Waals surface area contributed by atoms with Crippen LogP contribution in [0.15, 0.2) is 35.0 Å². The number of halogens is 3. The molecule has 35 heavy (non-hydrogen) atoms. The predicted molar refractivity (Wildman–Crippen MR) is 113 cm³/mol. The van der Waals surface area contributed by atoms with Crippen LogP contribution in [0, 0.1) is 5.92 Å². The van der Waals surface area contributed by atoms with E-state index < -0.39 is 12.1 Å². The van der Waals surface area contributed by atoms with Crippen molar-refractivity contribution >= 4 is 11.9 Å². The summed E-state index contributed by atoms with van der Waals surface area (Å²) < 4.78 is 48.9. The summed E-state index contributed by atoms with van der Waals surface area (Å²) >= 11 is 0. The average Bonchev–Trinajstić information content (AvgIpc) is 3.37. The number of aliphatic carboxylic acids is 1. The molecule has 190 valence electrons. The van der Waals surface area contributed by atoms with Crippen LogP contribution >= 0.6 is 0 Å². The molecule has 2 saturated heterocycles. The molecule has 2 aromatic rings. The molecule has 1 atom stereocenters. The first-order valence-corrected chi connectivity index (χ1v) is 11.4. The van der Waals surface area contributed by atoms with Gasteiger partial charge in [0.05, 0.1) is 25.4 Å². The summed E-state index contributed by atoms with van der Waals surface area (Å²) in [4.78, 5) is 27.7. The highest BCUT2D eigenvalue weighted by Gasteiger charge is 2.54. The highest BCUT2D eigenvalue weighted by atomic mass is 19.4. The standard InChI is InChI=1S/C21H25N3O4.C2HF3O2/c25-20(18-11-19(28-23-18)15-4-5-15)24-13-21(14-24)16(7-10-27-21)6-9-26-12-17-3-1-2-8-22-17;3-2(4,5)1(6)7/h1-3,8,11,15-16H,4-7,9-10,12-14H2;(H,6,7). The fourth-order valence-corrected chi connectivity index (χ4v) is 4.28. The molecule has 4 heterocycles. The van der Waals surface area contributed by atoms with Gasteiger partial charge >= 0.3 is 12.1 Å². The second-order valence-electron chi connectivity index (χ2n) is 8.91. The van der Waals surface area contributed by atoms with Crippen molar-refractivity contribution in [1.82, 2.24) is 15.0 Å². The molecule has 1 amide bonds. The van der Waals surface area contributed by atoms with Gasteiger partial charge in [-0.3, -0.25) is 9.78 Å². The third-order valence-electron chi connectivity index (χ3n) is 6.36. The van der Waals surface area contributed by atoms with Crippen molar-refractivity contribution in [2.75, 3.05) is 26.3 Å². The van der Waals surface area contributed by atoms with E-state index in [0.717, 1.165) is 43.7 Å². The van der Waals surface area contributed by atoms with Gasteiger partial charge in [-0.05, 0) is 43.7 Å². The monoisotopic (exact) mass is 497 g/mol. The van der Waals surface area contributed by atoms with Crippen LogP contribution in [0.4, 0.5) is 13.2 Å². The number of carbonyl (C=O) groups is 2. The van der Waals surface area contributed by atoms with E-state index in [4.69, 9.17) is 23.9 Å². The molecule has 12 heteroatoms. The number of carboxylic acids is 1. The SMILES string of the molecule is O=C(O)C(F)(F)F.O=C(c1cc(C2CC2)on1)N1CC2(C1)OCCC2CCOCc1ccccn1. The van der Waals surface area contributed by atoms with Crippen LogP contribution in [0.2, 0.25) is 0 Å². The van der Waals surface area contributed by atoms with Gasteiger partial charge in [-0.15, -0.1) is 0 Å². The highest BCUT2D eigenvalue weighted by molar-refractivity contribution is 5.93. The van der Waals surface area contributed by atoms with Crippen LogP contribution in [0.1, 0.15) is 53.5 Å². The minimum absolute atomic E-state index is 0.0538. The van der Waals surface area contributed by atoms with Crippen molar-refractivity contribution < 1.29 is 41.9 Å². The van der Waals surface area contributed by atoms with Crippen LogP contribution in [-0.4, -0.2) is 70.1 Å². The minimum atomic E-state index is -5.08. The number of nitrogens with zero attached hydrogens (tertiary/aromatic N) is 3. The average molecular weight is 497 g/mol. The van der Waals surface area contributed by atoms with E-state index >= 15 is 0 Å². The molecule has 0 aromatic carbocycles. The summed E-state index contributed by atoms with van der Waals surface area (Å²) in [5, 5.41) is 11.1. The third kappa shape index (κ3) is 6.17. The summed E-state index contributed by atoms with van der Waals surface area (Å²) in [7, 11) is 0. The van der Waals surface area contributed by atoms with Crippen molar-refractivity contribution in [2.45, 2.75) is 50.0 Å². The number of ether oxygens (including phenoxy) is 2. The number of hydrogen-bond donors (Lipinski definition) is 1. The second kappa shape index (κ2) is 10.3. The molecule has 0 radical (unpaired) electrons. The van der Waals surface area contributed by atoms with Crippen molar-refractivity contribution in [2.24, 2.45) is 5.92 Å². The van der Waals surface area contributed by atoms with Gasteiger partial charge < -0.3 is 24.0 Å². The number of carbonyl (C=O) groups excluding carboxylic acids is 1. The molecule has 2 aliphatic heterocycles. The molecule has 9 nitrogen and oxygen atoms in total. The molecule has 1 aliphatic carbocycles. The molecule has 1 spiro atoms. The Kier molecular flexibility index (Phi) is 7.41. The normalized spacial score (nSPS) is 20.8. The highest BCUT2D eigenvalue weighted by Crippen LogP contribution is 2.43. The summed E-state index contributed by atoms with van der Waals surface area (Å²) in [6.45, 7) is 3.21. The van der Waals surface area contributed by atoms with Gasteiger partial charge in [-0.2, -0.15) is 13.2 Å². The van der Waals surface area contributed by atoms with E-state index in [0.29, 0.717) is 43.8 Å². The molecule has 3 aliphatic rings. The van der Waals surface area contributed by atoms with Gasteiger partial charge in [-0.25, -0.2) is 4.79 Å². The zero-order valence-electron chi connectivity index (χ0n) is 18.9. The molecule has 1 unspecified atom stereocenters. The van der Waals surface area contributed by atoms with Crippen molar-refractivity contribution in [3.63, 3.8) is 0 Å². The fourth-order valence-electron chi connectivity index (χ4n) is 4.28. The van der Waals surface area contributed by atoms with E-state index in [9.17, 15) is 18.0 Å². The maximum Gasteiger partial charge on any atom is 0.490 e. The molecular weight excluding hydrogens is 471 g/mol. The Morgan fingerprint density at radius 3 is 2.60 bits per heavy atom. The molecule has 2 aromatic heterocycles. The lowest BCUT2D eigenvalue weighted by Gasteiger charge is -2.50. The Balaban J connectivity index is 0.000000364. The number of aromatic nitrogens is 2. The summed E-state index contributed by atoms with van der Waals surface area (Å²) in [5.41, 5.74) is 1.15. The quantitative estimate of drug-likeness (QED) is 0.579. The maximum absolute atomic E-state index is 12.7. The van der Waals surface area contributed by atoms with E-state index in [1.54, 1.807) is 6.20 Å². The van der Waals surface area contributed by atoms with Gasteiger partial charge in [0, 0.05) is 31.4 Å². The van der Waals surface area contributed by atoms with Gasteiger partial charge in [0.2, 0.25) is 0 Å². The Morgan fingerprint density at radius 2 is 1.97 bits per heavy atom. The first-order valence-electron chi connectivity index (χ1n) is 11.4. The first kappa shape index (κ1) is 25.1. The summed E-state index contributed by atoms with van der Waals surface area (Å²) in [5.74, 6) is -1.09. The number of carboxylic acid groups (broad SMARTS) is 1. The number of rotatable bonds is 7. The van der Waals surface area contributed by atoms with Crippen LogP contribution in [0.5, 0.6) is 0 Å². The van der Waals surface area contributed by atoms with Gasteiger partial charge in [-0.1, -0.05) is 11.2 Å². The third-order valence-corrected chi connectivity index (χ3v) is 6.36. The second-order valence-corrected chi connectivity index (χ2v) is 8.91. The van der Waals surface area contributed by atoms with Crippen molar-refractivity contribution in [1.29, 1.82) is 0 Å². The fraction of sp³-hybridized carbons (Fsp3) is 0.565. The minimum Gasteiger partial charge on any atom is -0.475 e.